The van der Waals surface area contributed by atoms with Crippen molar-refractivity contribution < 1.29 is 9.53 Å². The van der Waals surface area contributed by atoms with Crippen LogP contribution in [0, 0.1) is 0 Å². The van der Waals surface area contributed by atoms with Crippen molar-refractivity contribution in [2.45, 2.75) is 19.8 Å². The van der Waals surface area contributed by atoms with Gasteiger partial charge in [-0.25, -0.2) is 4.98 Å². The fraction of sp³-hybridized carbons (Fsp3) is 0.200. The summed E-state index contributed by atoms with van der Waals surface area (Å²) in [5, 5.41) is 4.25. The lowest BCUT2D eigenvalue weighted by molar-refractivity contribution is -0.111. The summed E-state index contributed by atoms with van der Waals surface area (Å²) in [4.78, 5) is 16.6. The Morgan fingerprint density at radius 3 is 2.85 bits per heavy atom. The number of rotatable bonds is 7. The molecule has 3 aromatic rings. The lowest BCUT2D eigenvalue weighted by Crippen LogP contribution is -2.07. The molecule has 0 fully saturated rings. The van der Waals surface area contributed by atoms with E-state index in [2.05, 4.69) is 17.2 Å². The minimum absolute atomic E-state index is 0.264. The van der Waals surface area contributed by atoms with E-state index in [0.717, 1.165) is 34.4 Å². The zero-order valence-electron chi connectivity index (χ0n) is 14.7. The third-order valence-electron chi connectivity index (χ3n) is 3.73. The van der Waals surface area contributed by atoms with E-state index in [1.165, 1.54) is 17.4 Å². The van der Waals surface area contributed by atoms with Crippen molar-refractivity contribution in [2.75, 3.05) is 11.9 Å². The van der Waals surface area contributed by atoms with E-state index in [1.54, 1.807) is 24.3 Å². The average Bonchev–Trinajstić information content (AvgIpc) is 3.04. The fourth-order valence-corrected chi connectivity index (χ4v) is 3.52. The number of hydrogen-bond acceptors (Lipinski definition) is 4. The van der Waals surface area contributed by atoms with Gasteiger partial charge in [0.2, 0.25) is 5.91 Å². The molecule has 0 atom stereocenters. The lowest BCUT2D eigenvalue weighted by atomic mass is 10.2. The largest absolute Gasteiger partial charge is 0.494 e. The van der Waals surface area contributed by atoms with Gasteiger partial charge in [0, 0.05) is 6.08 Å². The topological polar surface area (TPSA) is 51.2 Å². The number of carbonyl (C=O) groups excluding carboxylic acids is 1. The molecule has 140 valence electrons. The number of aromatic nitrogens is 1. The predicted octanol–water partition coefficient (Wildman–Crippen LogP) is 6.43. The van der Waals surface area contributed by atoms with Gasteiger partial charge in [-0.05, 0) is 48.4 Å². The monoisotopic (exact) mass is 420 g/mol. The molecule has 0 saturated heterocycles. The number of nitrogens with one attached hydrogen (secondary N) is 1. The van der Waals surface area contributed by atoms with Gasteiger partial charge in [0.05, 0.1) is 26.9 Å². The molecule has 1 amide bonds. The van der Waals surface area contributed by atoms with Crippen LogP contribution in [-0.2, 0) is 4.79 Å². The van der Waals surface area contributed by atoms with Crippen molar-refractivity contribution in [1.29, 1.82) is 0 Å². The number of carbonyl (C=O) groups is 1. The van der Waals surface area contributed by atoms with Crippen LogP contribution in [0.2, 0.25) is 10.0 Å². The Morgan fingerprint density at radius 2 is 2.07 bits per heavy atom. The number of nitrogens with zero attached hydrogens (tertiary/aromatic N) is 1. The second-order valence-electron chi connectivity index (χ2n) is 5.85. The predicted molar refractivity (Wildman–Crippen MR) is 114 cm³/mol. The smallest absolute Gasteiger partial charge is 0.250 e. The maximum Gasteiger partial charge on any atom is 0.250 e. The second-order valence-corrected chi connectivity index (χ2v) is 7.69. The van der Waals surface area contributed by atoms with E-state index < -0.39 is 0 Å². The number of unbranched alkanes of at least 4 members (excludes halogenated alkanes) is 1. The first kappa shape index (κ1) is 19.7. The number of thiazole rings is 1. The van der Waals surface area contributed by atoms with Gasteiger partial charge in [0.25, 0.3) is 0 Å². The molecule has 0 unspecified atom stereocenters. The van der Waals surface area contributed by atoms with Gasteiger partial charge < -0.3 is 4.74 Å². The quantitative estimate of drug-likeness (QED) is 0.353. The van der Waals surface area contributed by atoms with Crippen molar-refractivity contribution in [3.05, 3.63) is 58.1 Å². The van der Waals surface area contributed by atoms with E-state index in [4.69, 9.17) is 27.9 Å². The molecule has 3 rings (SSSR count). The van der Waals surface area contributed by atoms with Crippen LogP contribution < -0.4 is 10.1 Å². The minimum atomic E-state index is -0.264. The first-order valence-corrected chi connectivity index (χ1v) is 10.1. The Balaban J connectivity index is 1.65. The van der Waals surface area contributed by atoms with Gasteiger partial charge in [-0.15, -0.1) is 0 Å². The number of anilines is 1. The van der Waals surface area contributed by atoms with Gasteiger partial charge in [0.15, 0.2) is 5.13 Å². The summed E-state index contributed by atoms with van der Waals surface area (Å²) in [7, 11) is 0. The van der Waals surface area contributed by atoms with Crippen LogP contribution in [0.3, 0.4) is 0 Å². The molecular weight excluding hydrogens is 403 g/mol. The molecule has 1 aromatic heterocycles. The van der Waals surface area contributed by atoms with Gasteiger partial charge in [0.1, 0.15) is 5.75 Å². The number of ether oxygens (including phenoxy) is 1. The van der Waals surface area contributed by atoms with Gasteiger partial charge in [-0.1, -0.05) is 53.9 Å². The van der Waals surface area contributed by atoms with Gasteiger partial charge >= 0.3 is 0 Å². The van der Waals surface area contributed by atoms with E-state index in [1.807, 2.05) is 18.2 Å². The normalized spacial score (nSPS) is 11.2. The van der Waals surface area contributed by atoms with Crippen molar-refractivity contribution in [2.24, 2.45) is 0 Å². The Labute approximate surface area is 171 Å². The summed E-state index contributed by atoms with van der Waals surface area (Å²) in [5.41, 5.74) is 1.62. The van der Waals surface area contributed by atoms with Crippen LogP contribution in [-0.4, -0.2) is 17.5 Å². The fourth-order valence-electron chi connectivity index (χ4n) is 2.32. The number of amides is 1. The van der Waals surface area contributed by atoms with Crippen molar-refractivity contribution in [3.8, 4) is 5.75 Å². The van der Waals surface area contributed by atoms with E-state index in [9.17, 15) is 4.79 Å². The number of halogens is 2. The summed E-state index contributed by atoms with van der Waals surface area (Å²) in [6, 6.07) is 10.9. The molecule has 0 saturated carbocycles. The Kier molecular flexibility index (Phi) is 6.72. The highest BCUT2D eigenvalue weighted by Crippen LogP contribution is 2.29. The molecule has 0 radical (unpaired) electrons. The molecule has 0 aliphatic carbocycles. The molecule has 0 aliphatic heterocycles. The van der Waals surface area contributed by atoms with E-state index >= 15 is 0 Å². The first-order valence-electron chi connectivity index (χ1n) is 8.52. The van der Waals surface area contributed by atoms with Crippen LogP contribution in [0.5, 0.6) is 5.75 Å². The summed E-state index contributed by atoms with van der Waals surface area (Å²) < 4.78 is 6.68. The molecule has 1 heterocycles. The van der Waals surface area contributed by atoms with Gasteiger partial charge in [-0.3, -0.25) is 10.1 Å². The van der Waals surface area contributed by atoms with Crippen molar-refractivity contribution >= 4 is 61.9 Å². The van der Waals surface area contributed by atoms with Crippen LogP contribution in [0.15, 0.2) is 42.5 Å². The highest BCUT2D eigenvalue weighted by Gasteiger charge is 2.07. The van der Waals surface area contributed by atoms with Crippen molar-refractivity contribution in [1.82, 2.24) is 4.98 Å². The van der Waals surface area contributed by atoms with Crippen molar-refractivity contribution in [3.63, 3.8) is 0 Å². The standard InChI is InChI=1S/C20H18Cl2N2O2S/c1-2-3-10-26-14-6-8-17-18(12-14)27-20(23-17)24-19(25)9-5-13-4-7-15(21)16(22)11-13/h4-9,11-12H,2-3,10H2,1H3,(H,23,24,25)/b9-5+. The third kappa shape index (κ3) is 5.45. The van der Waals surface area contributed by atoms with Crippen LogP contribution in [0.4, 0.5) is 5.13 Å². The Hall–Kier alpha value is -2.08. The number of fused-ring (bicyclic) bond motifs is 1. The van der Waals surface area contributed by atoms with Crippen LogP contribution in [0.1, 0.15) is 25.3 Å². The van der Waals surface area contributed by atoms with E-state index in [-0.39, 0.29) is 5.91 Å². The number of hydrogen-bond donors (Lipinski definition) is 1. The van der Waals surface area contributed by atoms with E-state index in [0.29, 0.717) is 21.8 Å². The first-order chi connectivity index (χ1) is 13.0. The maximum absolute atomic E-state index is 12.1. The summed E-state index contributed by atoms with van der Waals surface area (Å²) in [5.74, 6) is 0.552. The summed E-state index contributed by atoms with van der Waals surface area (Å²) >= 11 is 13.3. The highest BCUT2D eigenvalue weighted by atomic mass is 35.5. The molecule has 4 nitrogen and oxygen atoms in total. The molecule has 7 heteroatoms. The molecule has 2 aromatic carbocycles. The van der Waals surface area contributed by atoms with Crippen LogP contribution >= 0.6 is 34.5 Å². The average molecular weight is 421 g/mol. The zero-order valence-corrected chi connectivity index (χ0v) is 17.0. The Morgan fingerprint density at radius 1 is 1.22 bits per heavy atom. The minimum Gasteiger partial charge on any atom is -0.494 e. The Bertz CT molecular complexity index is 985. The molecule has 0 bridgehead atoms. The lowest BCUT2D eigenvalue weighted by Gasteiger charge is -2.04. The molecule has 0 aliphatic rings. The maximum atomic E-state index is 12.1. The van der Waals surface area contributed by atoms with Crippen LogP contribution in [0.25, 0.3) is 16.3 Å². The molecule has 1 N–H and O–H groups in total. The molecular formula is C20H18Cl2N2O2S. The van der Waals surface area contributed by atoms with Gasteiger partial charge in [-0.2, -0.15) is 0 Å². The zero-order chi connectivity index (χ0) is 19.2. The second kappa shape index (κ2) is 9.22. The number of benzene rings is 2. The third-order valence-corrected chi connectivity index (χ3v) is 5.40. The molecule has 27 heavy (non-hydrogen) atoms. The highest BCUT2D eigenvalue weighted by molar-refractivity contribution is 7.22. The summed E-state index contributed by atoms with van der Waals surface area (Å²) in [6.45, 7) is 2.82. The molecule has 0 spiro atoms. The SMILES string of the molecule is CCCCOc1ccc2nc(NC(=O)/C=C/c3ccc(Cl)c(Cl)c3)sc2c1. The summed E-state index contributed by atoms with van der Waals surface area (Å²) in [6.07, 6.45) is 5.22.